The van der Waals surface area contributed by atoms with Crippen molar-refractivity contribution in [1.29, 1.82) is 0 Å². The van der Waals surface area contributed by atoms with Gasteiger partial charge < -0.3 is 28.0 Å². The second-order valence-corrected chi connectivity index (χ2v) is 1.13. The van der Waals surface area contributed by atoms with Crippen LogP contribution in [0.4, 0.5) is 0 Å². The maximum absolute atomic E-state index is 8.41. The van der Waals surface area contributed by atoms with Crippen molar-refractivity contribution in [1.82, 2.24) is 0 Å². The van der Waals surface area contributed by atoms with Gasteiger partial charge in [-0.2, -0.15) is 0 Å². The number of halogens is 2. The van der Waals surface area contributed by atoms with Crippen LogP contribution in [0.25, 0.3) is 0 Å². The summed E-state index contributed by atoms with van der Waals surface area (Å²) < 4.78 is 50.4. The van der Waals surface area contributed by atoms with Gasteiger partial charge in [0.1, 0.15) is 0 Å². The minimum atomic E-state index is -2.85. The molecule has 0 rings (SSSR count). The number of hydrogen-bond acceptors (Lipinski definition) is 6. The van der Waals surface area contributed by atoms with Crippen LogP contribution in [-0.2, 0) is 44.8 Å². The molecule has 0 heterocycles. The molecule has 0 spiro atoms. The molecule has 72 valence electrons. The molecule has 0 N–H and O–H groups in total. The van der Waals surface area contributed by atoms with Crippen molar-refractivity contribution in [2.45, 2.75) is 0 Å². The van der Waals surface area contributed by atoms with Crippen molar-refractivity contribution in [2.24, 2.45) is 0 Å². The second kappa shape index (κ2) is 17.1. The Labute approximate surface area is 93.7 Å². The van der Waals surface area contributed by atoms with Crippen LogP contribution < -0.4 is 28.0 Å². The van der Waals surface area contributed by atoms with Crippen LogP contribution in [0.2, 0.25) is 0 Å². The molecule has 0 aliphatic carbocycles. The van der Waals surface area contributed by atoms with E-state index in [9.17, 15) is 0 Å². The van der Waals surface area contributed by atoms with E-state index in [0.29, 0.717) is 0 Å². The van der Waals surface area contributed by atoms with E-state index in [1.54, 1.807) is 0 Å². The van der Waals surface area contributed by atoms with Crippen LogP contribution in [0, 0.1) is 21.6 Å². The molecule has 0 aromatic carbocycles. The van der Waals surface area contributed by atoms with Crippen molar-refractivity contribution in [3.05, 3.63) is 0 Å². The van der Waals surface area contributed by atoms with E-state index in [2.05, 4.69) is 0 Å². The smallest absolute Gasteiger partial charge is 0.357 e. The third kappa shape index (κ3) is 231. The minimum Gasteiger partial charge on any atom is -0.357 e. The Balaban J connectivity index is -0.0000000300. The molecule has 0 atom stereocenters. The van der Waals surface area contributed by atoms with Gasteiger partial charge >= 0.3 is 44.8 Å². The molecule has 0 saturated heterocycles. The standard InChI is InChI=1S/2Ag.2ClO3/c;;2*2-1(3)4/q2*+1;2*-1. The molecule has 10 heteroatoms. The monoisotopic (exact) mass is 380 g/mol. The maximum atomic E-state index is 8.41. The summed E-state index contributed by atoms with van der Waals surface area (Å²) in [6, 6.07) is 0. The third-order valence-electron chi connectivity index (χ3n) is 0. The van der Waals surface area contributed by atoms with Gasteiger partial charge in [-0.25, -0.2) is 0 Å². The first-order valence-corrected chi connectivity index (χ1v) is 2.78. The predicted molar refractivity (Wildman–Crippen MR) is 0 cm³/mol. The number of rotatable bonds is 0. The predicted octanol–water partition coefficient (Wildman–Crippen LogP) is -7.14. The molecule has 10 heavy (non-hydrogen) atoms. The summed E-state index contributed by atoms with van der Waals surface area (Å²) in [7, 11) is -5.70. The largest absolute Gasteiger partial charge is 1.00 e. The van der Waals surface area contributed by atoms with Crippen molar-refractivity contribution in [3.8, 4) is 0 Å². The van der Waals surface area contributed by atoms with Gasteiger partial charge in [-0.3, -0.25) is 0 Å². The van der Waals surface area contributed by atoms with Gasteiger partial charge in [-0.15, -0.1) is 0 Å². The summed E-state index contributed by atoms with van der Waals surface area (Å²) >= 11 is 0. The first kappa shape index (κ1) is 22.6. The van der Waals surface area contributed by atoms with Gasteiger partial charge in [-0.1, -0.05) is 0 Å². The molecule has 0 unspecified atom stereocenters. The summed E-state index contributed by atoms with van der Waals surface area (Å²) in [5.41, 5.74) is 0. The van der Waals surface area contributed by atoms with Crippen LogP contribution in [-0.4, -0.2) is 0 Å². The molecule has 0 aliphatic rings. The molecule has 0 aliphatic heterocycles. The molecule has 0 radical (unpaired) electrons. The van der Waals surface area contributed by atoms with Crippen LogP contribution in [0.1, 0.15) is 0 Å². The molecular formula is Ag2Cl2O6. The SMILES string of the molecule is [Ag+].[Ag+].[O-][Cl+2]([O-])[O-].[O-][Cl+2]([O-])[O-]. The molecule has 0 aromatic heterocycles. The van der Waals surface area contributed by atoms with Crippen molar-refractivity contribution in [3.63, 3.8) is 0 Å². The van der Waals surface area contributed by atoms with Crippen molar-refractivity contribution >= 4 is 0 Å². The average molecular weight is 383 g/mol. The topological polar surface area (TPSA) is 138 Å². The van der Waals surface area contributed by atoms with Crippen LogP contribution >= 0.6 is 0 Å². The van der Waals surface area contributed by atoms with E-state index < -0.39 is 21.6 Å². The summed E-state index contributed by atoms with van der Waals surface area (Å²) in [4.78, 5) is 0. The fourth-order valence-corrected chi connectivity index (χ4v) is 0. The Morgan fingerprint density at radius 2 is 0.500 bits per heavy atom. The molecule has 0 aromatic rings. The Morgan fingerprint density at radius 1 is 0.500 bits per heavy atom. The Hall–Kier alpha value is 1.82. The van der Waals surface area contributed by atoms with Crippen LogP contribution in [0.3, 0.4) is 0 Å². The fraction of sp³-hybridized carbons (Fsp3) is 0. The third-order valence-corrected chi connectivity index (χ3v) is 0. The van der Waals surface area contributed by atoms with Crippen molar-refractivity contribution < 1.29 is 94.3 Å². The number of hydrogen-bond donors (Lipinski definition) is 0. The molecule has 6 nitrogen and oxygen atoms in total. The van der Waals surface area contributed by atoms with Gasteiger partial charge in [0, 0.05) is 0 Å². The van der Waals surface area contributed by atoms with E-state index in [0.717, 1.165) is 0 Å². The van der Waals surface area contributed by atoms with E-state index in [1.807, 2.05) is 0 Å². The van der Waals surface area contributed by atoms with Crippen molar-refractivity contribution in [2.75, 3.05) is 0 Å². The maximum Gasteiger partial charge on any atom is 1.00 e. The zero-order valence-electron chi connectivity index (χ0n) is 3.81. The minimum absolute atomic E-state index is 0. The van der Waals surface area contributed by atoms with E-state index >= 15 is 0 Å². The van der Waals surface area contributed by atoms with Gasteiger partial charge in [0.25, 0.3) is 0 Å². The zero-order valence-corrected chi connectivity index (χ0v) is 8.28. The van der Waals surface area contributed by atoms with E-state index in [-0.39, 0.29) is 44.8 Å². The summed E-state index contributed by atoms with van der Waals surface area (Å²) in [5, 5.41) is 0. The summed E-state index contributed by atoms with van der Waals surface area (Å²) in [6.07, 6.45) is 0. The van der Waals surface area contributed by atoms with Crippen LogP contribution in [0.15, 0.2) is 0 Å². The molecule has 0 saturated carbocycles. The summed E-state index contributed by atoms with van der Waals surface area (Å²) in [6.45, 7) is 0. The Morgan fingerprint density at radius 3 is 0.500 bits per heavy atom. The average Bonchev–Trinajstić information content (AvgIpc) is 1.25. The molecular weight excluding hydrogens is 383 g/mol. The summed E-state index contributed by atoms with van der Waals surface area (Å²) in [5.74, 6) is 0. The van der Waals surface area contributed by atoms with E-state index in [1.165, 1.54) is 0 Å². The fourth-order valence-electron chi connectivity index (χ4n) is 0. The zero-order chi connectivity index (χ0) is 7.15. The van der Waals surface area contributed by atoms with Gasteiger partial charge in [-0.05, 0) is 0 Å². The normalized spacial score (nSPS) is 7.20. The van der Waals surface area contributed by atoms with Gasteiger partial charge in [0.2, 0.25) is 0 Å². The first-order valence-electron chi connectivity index (χ1n) is 0.926. The Kier molecular flexibility index (Phi) is 38.6. The van der Waals surface area contributed by atoms with Gasteiger partial charge in [0.15, 0.2) is 0 Å². The molecule has 0 bridgehead atoms. The molecule has 0 amide bonds. The Bertz CT molecular complexity index is 29.2. The van der Waals surface area contributed by atoms with Crippen LogP contribution in [0.5, 0.6) is 0 Å². The second-order valence-electron chi connectivity index (χ2n) is 0.378. The quantitative estimate of drug-likeness (QED) is 0.381. The first-order chi connectivity index (χ1) is 3.46. The van der Waals surface area contributed by atoms with E-state index in [4.69, 9.17) is 28.0 Å². The molecule has 0 fully saturated rings. The van der Waals surface area contributed by atoms with Gasteiger partial charge in [0.05, 0.1) is 21.6 Å².